The lowest BCUT2D eigenvalue weighted by atomic mass is 11.8. The SMILES string of the molecule is C[Si](C)(C)ON=N. The average Bonchev–Trinajstić information content (AvgIpc) is 1.30. The van der Waals surface area contributed by atoms with Gasteiger partial charge < -0.3 is 4.53 Å². The molecule has 0 spiro atoms. The first-order chi connectivity index (χ1) is 3.06. The van der Waals surface area contributed by atoms with E-state index in [-0.39, 0.29) is 0 Å². The Morgan fingerprint density at radius 2 is 1.86 bits per heavy atom. The van der Waals surface area contributed by atoms with Crippen LogP contribution in [0.25, 0.3) is 0 Å². The largest absolute Gasteiger partial charge is 0.440 e. The van der Waals surface area contributed by atoms with Crippen LogP contribution >= 0.6 is 0 Å². The maximum atomic E-state index is 6.30. The summed E-state index contributed by atoms with van der Waals surface area (Å²) < 4.78 is 4.66. The van der Waals surface area contributed by atoms with Crippen molar-refractivity contribution in [2.75, 3.05) is 0 Å². The average molecular weight is 118 g/mol. The molecule has 4 heteroatoms. The van der Waals surface area contributed by atoms with E-state index in [4.69, 9.17) is 5.53 Å². The molecule has 0 bridgehead atoms. The van der Waals surface area contributed by atoms with Gasteiger partial charge in [-0.15, -0.1) is 0 Å². The summed E-state index contributed by atoms with van der Waals surface area (Å²) in [5, 5.41) is 2.82. The van der Waals surface area contributed by atoms with E-state index < -0.39 is 8.32 Å². The van der Waals surface area contributed by atoms with Crippen molar-refractivity contribution in [2.45, 2.75) is 19.6 Å². The van der Waals surface area contributed by atoms with Gasteiger partial charge in [0.05, 0.1) is 0 Å². The zero-order chi connectivity index (χ0) is 5.91. The minimum absolute atomic E-state index is 1.51. The van der Waals surface area contributed by atoms with Crippen LogP contribution in [-0.2, 0) is 4.53 Å². The van der Waals surface area contributed by atoms with Gasteiger partial charge in [-0.05, 0) is 19.6 Å². The van der Waals surface area contributed by atoms with E-state index in [1.54, 1.807) is 0 Å². The predicted octanol–water partition coefficient (Wildman–Crippen LogP) is 1.78. The molecule has 42 valence electrons. The van der Waals surface area contributed by atoms with Gasteiger partial charge in [0, 0.05) is 5.28 Å². The molecule has 0 rings (SSSR count). The van der Waals surface area contributed by atoms with Crippen LogP contribution in [0.3, 0.4) is 0 Å². The number of nitrogens with one attached hydrogen (secondary N) is 1. The zero-order valence-electron chi connectivity index (χ0n) is 4.86. The van der Waals surface area contributed by atoms with Crippen LogP contribution in [0.5, 0.6) is 0 Å². The van der Waals surface area contributed by atoms with Gasteiger partial charge in [0.15, 0.2) is 0 Å². The van der Waals surface area contributed by atoms with Crippen molar-refractivity contribution < 1.29 is 4.53 Å². The van der Waals surface area contributed by atoms with Gasteiger partial charge in [0.25, 0.3) is 8.32 Å². The lowest BCUT2D eigenvalue weighted by molar-refractivity contribution is 0.292. The highest BCUT2D eigenvalue weighted by atomic mass is 28.4. The molecule has 7 heavy (non-hydrogen) atoms. The molecule has 1 N–H and O–H groups in total. The van der Waals surface area contributed by atoms with Crippen molar-refractivity contribution in [2.24, 2.45) is 5.28 Å². The number of hydrogen-bond acceptors (Lipinski definition) is 3. The highest BCUT2D eigenvalue weighted by molar-refractivity contribution is 6.69. The first kappa shape index (κ1) is 6.62. The molecule has 0 amide bonds. The van der Waals surface area contributed by atoms with Gasteiger partial charge in [-0.2, -0.15) is 5.53 Å². The van der Waals surface area contributed by atoms with Crippen molar-refractivity contribution in [3.8, 4) is 0 Å². The van der Waals surface area contributed by atoms with Gasteiger partial charge in [0.2, 0.25) is 0 Å². The van der Waals surface area contributed by atoms with E-state index in [0.717, 1.165) is 0 Å². The standard InChI is InChI=1S/C3H10N2OSi/c1-7(2,3)6-5-4/h4H,1-3H3. The van der Waals surface area contributed by atoms with E-state index >= 15 is 0 Å². The Labute approximate surface area is 44.3 Å². The van der Waals surface area contributed by atoms with Crippen LogP contribution in [0.1, 0.15) is 0 Å². The normalized spacial score (nSPS) is 10.7. The molecule has 0 aliphatic heterocycles. The van der Waals surface area contributed by atoms with Gasteiger partial charge in [0.1, 0.15) is 0 Å². The highest BCUT2D eigenvalue weighted by Gasteiger charge is 2.15. The van der Waals surface area contributed by atoms with Crippen LogP contribution in [0.15, 0.2) is 5.28 Å². The minimum atomic E-state index is -1.51. The molecular weight excluding hydrogens is 108 g/mol. The molecule has 0 atom stereocenters. The second-order valence-electron chi connectivity index (χ2n) is 2.29. The third-order valence-electron chi connectivity index (χ3n) is 0.320. The molecule has 0 aromatic heterocycles. The van der Waals surface area contributed by atoms with E-state index in [1.807, 2.05) is 19.6 Å². The van der Waals surface area contributed by atoms with Crippen LogP contribution in [-0.4, -0.2) is 8.32 Å². The van der Waals surface area contributed by atoms with E-state index in [9.17, 15) is 0 Å². The molecule has 0 aliphatic rings. The third kappa shape index (κ3) is 5.62. The summed E-state index contributed by atoms with van der Waals surface area (Å²) in [7, 11) is -1.51. The second-order valence-corrected chi connectivity index (χ2v) is 6.70. The van der Waals surface area contributed by atoms with E-state index in [1.165, 1.54) is 0 Å². The van der Waals surface area contributed by atoms with Crippen molar-refractivity contribution in [3.63, 3.8) is 0 Å². The maximum absolute atomic E-state index is 6.30. The Hall–Kier alpha value is -0.383. The lowest BCUT2D eigenvalue weighted by Gasteiger charge is -2.09. The molecule has 0 fully saturated rings. The first-order valence-corrected chi connectivity index (χ1v) is 5.52. The quantitative estimate of drug-likeness (QED) is 0.335. The Morgan fingerprint density at radius 1 is 1.43 bits per heavy atom. The van der Waals surface area contributed by atoms with Crippen LogP contribution in [0, 0.1) is 5.53 Å². The van der Waals surface area contributed by atoms with E-state index in [2.05, 4.69) is 9.80 Å². The first-order valence-electron chi connectivity index (χ1n) is 2.11. The smallest absolute Gasteiger partial charge is 0.280 e. The van der Waals surface area contributed by atoms with Gasteiger partial charge >= 0.3 is 0 Å². The molecule has 0 aromatic carbocycles. The Bertz CT molecular complexity index is 67.8. The summed E-state index contributed by atoms with van der Waals surface area (Å²) in [5.41, 5.74) is 6.30. The molecular formula is C3H10N2OSi. The minimum Gasteiger partial charge on any atom is -0.440 e. The Kier molecular flexibility index (Phi) is 1.95. The van der Waals surface area contributed by atoms with Gasteiger partial charge in [-0.1, -0.05) is 0 Å². The molecule has 0 unspecified atom stereocenters. The Balaban J connectivity index is 3.34. The predicted molar refractivity (Wildman–Crippen MR) is 29.6 cm³/mol. The van der Waals surface area contributed by atoms with Gasteiger partial charge in [-0.25, -0.2) is 0 Å². The maximum Gasteiger partial charge on any atom is 0.280 e. The molecule has 0 radical (unpaired) electrons. The summed E-state index contributed by atoms with van der Waals surface area (Å²) in [4.78, 5) is 0. The number of hydrogen-bond donors (Lipinski definition) is 1. The fourth-order valence-corrected chi connectivity index (χ4v) is 0.411. The summed E-state index contributed by atoms with van der Waals surface area (Å²) in [5.74, 6) is 0. The second kappa shape index (κ2) is 2.06. The molecule has 0 heterocycles. The van der Waals surface area contributed by atoms with Crippen LogP contribution in [0.2, 0.25) is 19.6 Å². The van der Waals surface area contributed by atoms with Crippen molar-refractivity contribution in [1.29, 1.82) is 5.53 Å². The summed E-state index contributed by atoms with van der Waals surface area (Å²) in [6.45, 7) is 5.93. The van der Waals surface area contributed by atoms with Gasteiger partial charge in [-0.3, -0.25) is 0 Å². The summed E-state index contributed by atoms with van der Waals surface area (Å²) in [6, 6.07) is 0. The highest BCUT2D eigenvalue weighted by Crippen LogP contribution is 2.00. The van der Waals surface area contributed by atoms with Crippen molar-refractivity contribution in [1.82, 2.24) is 0 Å². The van der Waals surface area contributed by atoms with Crippen molar-refractivity contribution >= 4 is 8.32 Å². The fraction of sp³-hybridized carbons (Fsp3) is 1.00. The molecule has 0 saturated carbocycles. The number of nitrogens with zero attached hydrogens (tertiary/aromatic N) is 1. The number of rotatable bonds is 2. The zero-order valence-corrected chi connectivity index (χ0v) is 5.86. The molecule has 0 aromatic rings. The molecule has 0 aliphatic carbocycles. The third-order valence-corrected chi connectivity index (χ3v) is 0.959. The molecule has 3 nitrogen and oxygen atoms in total. The topological polar surface area (TPSA) is 45.4 Å². The lowest BCUT2D eigenvalue weighted by Crippen LogP contribution is -2.21. The summed E-state index contributed by atoms with van der Waals surface area (Å²) >= 11 is 0. The molecule has 0 saturated heterocycles. The van der Waals surface area contributed by atoms with Crippen LogP contribution < -0.4 is 0 Å². The fourth-order valence-electron chi connectivity index (χ4n) is 0.137. The van der Waals surface area contributed by atoms with Crippen LogP contribution in [0.4, 0.5) is 0 Å². The van der Waals surface area contributed by atoms with Crippen molar-refractivity contribution in [3.05, 3.63) is 0 Å². The summed E-state index contributed by atoms with van der Waals surface area (Å²) in [6.07, 6.45) is 0. The monoisotopic (exact) mass is 118 g/mol. The van der Waals surface area contributed by atoms with E-state index in [0.29, 0.717) is 0 Å². The Morgan fingerprint density at radius 3 is 1.86 bits per heavy atom.